The van der Waals surface area contributed by atoms with Gasteiger partial charge in [0.2, 0.25) is 0 Å². The molecule has 0 aliphatic carbocycles. The Bertz CT molecular complexity index is 591. The predicted octanol–water partition coefficient (Wildman–Crippen LogP) is 11.0. The zero-order valence-corrected chi connectivity index (χ0v) is 24.7. The molecule has 180 valence electrons. The van der Waals surface area contributed by atoms with Crippen LogP contribution >= 0.6 is 11.2 Å². The average molecular weight is 463 g/mol. The van der Waals surface area contributed by atoms with E-state index in [2.05, 4.69) is 112 Å². The molecule has 31 heavy (non-hydrogen) atoms. The van der Waals surface area contributed by atoms with Gasteiger partial charge in [-0.05, 0) is 89.8 Å². The zero-order valence-electron chi connectivity index (χ0n) is 22.9. The van der Waals surface area contributed by atoms with Crippen molar-refractivity contribution in [3.8, 4) is 0 Å². The molecule has 0 heterocycles. The fourth-order valence-electron chi connectivity index (χ4n) is 4.82. The van der Waals surface area contributed by atoms with E-state index in [1.54, 1.807) is 11.1 Å². The Kier molecular flexibility index (Phi) is 15.9. The van der Waals surface area contributed by atoms with Crippen molar-refractivity contribution >= 4 is 18.4 Å². The Morgan fingerprint density at radius 2 is 0.935 bits per heavy atom. The lowest BCUT2D eigenvalue weighted by atomic mass is 10.0. The van der Waals surface area contributed by atoms with E-state index in [9.17, 15) is 0 Å². The highest BCUT2D eigenvalue weighted by molar-refractivity contribution is 8.29. The van der Waals surface area contributed by atoms with Crippen LogP contribution in [0.15, 0.2) is 46.6 Å². The van der Waals surface area contributed by atoms with E-state index >= 15 is 0 Å². The SMILES string of the molecule is CC(C)=CCC/C(C)=C/CC/C(C)=C/CC/C(C)=C/CS[Si](C(C)C)(C(C)C)C(C)C. The molecule has 0 N–H and O–H groups in total. The molecule has 0 aromatic carbocycles. The molecule has 0 rings (SSSR count). The van der Waals surface area contributed by atoms with Gasteiger partial charge in [0.15, 0.2) is 0 Å². The maximum atomic E-state index is 2.52. The molecule has 0 aromatic rings. The molecule has 0 bridgehead atoms. The number of hydrogen-bond acceptors (Lipinski definition) is 1. The van der Waals surface area contributed by atoms with Gasteiger partial charge in [0.05, 0.1) is 0 Å². The summed E-state index contributed by atoms with van der Waals surface area (Å²) in [6, 6.07) is 0. The fourth-order valence-corrected chi connectivity index (χ4v) is 14.6. The third kappa shape index (κ3) is 12.4. The van der Waals surface area contributed by atoms with Crippen LogP contribution in [0.25, 0.3) is 0 Å². The van der Waals surface area contributed by atoms with Crippen LogP contribution in [0.5, 0.6) is 0 Å². The summed E-state index contributed by atoms with van der Waals surface area (Å²) in [6.45, 7) is 26.0. The second-order valence-corrected chi connectivity index (χ2v) is 19.5. The van der Waals surface area contributed by atoms with Gasteiger partial charge in [-0.25, -0.2) is 0 Å². The third-order valence-corrected chi connectivity index (χ3v) is 19.1. The van der Waals surface area contributed by atoms with Crippen molar-refractivity contribution in [3.05, 3.63) is 46.6 Å². The lowest BCUT2D eigenvalue weighted by Gasteiger charge is -2.42. The minimum absolute atomic E-state index is 0.835. The zero-order chi connectivity index (χ0) is 24.0. The summed E-state index contributed by atoms with van der Waals surface area (Å²) in [7, 11) is -1.33. The molecule has 0 aliphatic rings. The van der Waals surface area contributed by atoms with Gasteiger partial charge < -0.3 is 0 Å². The van der Waals surface area contributed by atoms with E-state index in [4.69, 9.17) is 0 Å². The van der Waals surface area contributed by atoms with Crippen molar-refractivity contribution in [1.29, 1.82) is 0 Å². The monoisotopic (exact) mass is 462 g/mol. The lowest BCUT2D eigenvalue weighted by molar-refractivity contribution is 0.851. The Morgan fingerprint density at radius 1 is 0.581 bits per heavy atom. The van der Waals surface area contributed by atoms with Gasteiger partial charge in [-0.3, -0.25) is 0 Å². The van der Waals surface area contributed by atoms with Crippen molar-refractivity contribution in [2.75, 3.05) is 5.75 Å². The van der Waals surface area contributed by atoms with Crippen LogP contribution in [0, 0.1) is 0 Å². The molecular formula is C29H54SSi. The van der Waals surface area contributed by atoms with Gasteiger partial charge in [0.1, 0.15) is 7.22 Å². The van der Waals surface area contributed by atoms with Crippen LogP contribution in [0.4, 0.5) is 0 Å². The van der Waals surface area contributed by atoms with Gasteiger partial charge in [-0.2, -0.15) is 11.2 Å². The van der Waals surface area contributed by atoms with Crippen LogP contribution in [-0.4, -0.2) is 13.0 Å². The first kappa shape index (κ1) is 30.5. The number of hydrogen-bond donors (Lipinski definition) is 0. The van der Waals surface area contributed by atoms with Crippen molar-refractivity contribution < 1.29 is 0 Å². The molecule has 0 amide bonds. The Morgan fingerprint density at radius 3 is 1.29 bits per heavy atom. The van der Waals surface area contributed by atoms with Gasteiger partial charge >= 0.3 is 0 Å². The van der Waals surface area contributed by atoms with Crippen LogP contribution in [-0.2, 0) is 0 Å². The van der Waals surface area contributed by atoms with E-state index < -0.39 is 7.22 Å². The first-order valence-electron chi connectivity index (χ1n) is 12.7. The topological polar surface area (TPSA) is 0 Å². The van der Waals surface area contributed by atoms with Gasteiger partial charge in [-0.15, -0.1) is 0 Å². The van der Waals surface area contributed by atoms with Crippen LogP contribution in [0.3, 0.4) is 0 Å². The van der Waals surface area contributed by atoms with Gasteiger partial charge in [-0.1, -0.05) is 88.1 Å². The van der Waals surface area contributed by atoms with Crippen molar-refractivity contribution in [3.63, 3.8) is 0 Å². The average Bonchev–Trinajstić information content (AvgIpc) is 2.64. The first-order chi connectivity index (χ1) is 14.4. The predicted molar refractivity (Wildman–Crippen MR) is 152 cm³/mol. The summed E-state index contributed by atoms with van der Waals surface area (Å²) in [5, 5.41) is 0. The van der Waals surface area contributed by atoms with E-state index in [-0.39, 0.29) is 0 Å². The molecule has 0 radical (unpaired) electrons. The van der Waals surface area contributed by atoms with E-state index in [1.165, 1.54) is 55.4 Å². The van der Waals surface area contributed by atoms with Crippen LogP contribution in [0.1, 0.15) is 115 Å². The molecule has 0 unspecified atom stereocenters. The highest BCUT2D eigenvalue weighted by Crippen LogP contribution is 2.49. The van der Waals surface area contributed by atoms with Crippen LogP contribution in [0.2, 0.25) is 16.6 Å². The summed E-state index contributed by atoms with van der Waals surface area (Å²) in [4.78, 5) is 0. The summed E-state index contributed by atoms with van der Waals surface area (Å²) >= 11 is 2.32. The Hall–Kier alpha value is -0.473. The largest absolute Gasteiger partial charge is 0.180 e. The molecule has 2 heteroatoms. The van der Waals surface area contributed by atoms with Crippen molar-refractivity contribution in [1.82, 2.24) is 0 Å². The number of allylic oxidation sites excluding steroid dienone is 7. The van der Waals surface area contributed by atoms with Crippen molar-refractivity contribution in [2.45, 2.75) is 131 Å². The highest BCUT2D eigenvalue weighted by Gasteiger charge is 2.42. The minimum atomic E-state index is -1.33. The van der Waals surface area contributed by atoms with Crippen molar-refractivity contribution in [2.24, 2.45) is 0 Å². The van der Waals surface area contributed by atoms with E-state index in [0.717, 1.165) is 16.6 Å². The minimum Gasteiger partial charge on any atom is -0.180 e. The lowest BCUT2D eigenvalue weighted by Crippen LogP contribution is -2.41. The molecule has 0 aliphatic heterocycles. The second-order valence-electron chi connectivity index (χ2n) is 10.7. The Labute approximate surface area is 201 Å². The summed E-state index contributed by atoms with van der Waals surface area (Å²) < 4.78 is 0. The molecule has 0 fully saturated rings. The molecule has 0 nitrogen and oxygen atoms in total. The molecule has 0 spiro atoms. The number of rotatable bonds is 15. The summed E-state index contributed by atoms with van der Waals surface area (Å²) in [5.74, 6) is 1.20. The summed E-state index contributed by atoms with van der Waals surface area (Å²) in [6.07, 6.45) is 16.9. The smallest absolute Gasteiger partial charge is 0.125 e. The molecule has 0 saturated heterocycles. The van der Waals surface area contributed by atoms with Crippen LogP contribution < -0.4 is 0 Å². The standard InChI is InChI=1S/C29H54SSi/c1-23(2)15-12-16-27(9)17-13-18-28(10)19-14-20-29(11)21-22-30-31(24(3)4,25(5)6)26(7)8/h15,17,19,21,24-26H,12-14,16,18,20,22H2,1-11H3/b27-17+,28-19+,29-21+. The molecule has 0 aromatic heterocycles. The fraction of sp³-hybridized carbons (Fsp3) is 0.724. The van der Waals surface area contributed by atoms with E-state index in [0.29, 0.717) is 0 Å². The van der Waals surface area contributed by atoms with E-state index in [1.807, 2.05) is 0 Å². The third-order valence-electron chi connectivity index (χ3n) is 6.63. The normalized spacial score (nSPS) is 14.2. The van der Waals surface area contributed by atoms with Gasteiger partial charge in [0, 0.05) is 5.75 Å². The Balaban J connectivity index is 4.47. The summed E-state index contributed by atoms with van der Waals surface area (Å²) in [5.41, 5.74) is 8.57. The maximum absolute atomic E-state index is 2.52. The molecule has 0 saturated carbocycles. The highest BCUT2D eigenvalue weighted by atomic mass is 32.4. The maximum Gasteiger partial charge on any atom is 0.125 e. The molecular weight excluding hydrogens is 408 g/mol. The molecule has 0 atom stereocenters. The first-order valence-corrected chi connectivity index (χ1v) is 16.6. The second kappa shape index (κ2) is 16.2. The quantitative estimate of drug-likeness (QED) is 0.172. The van der Waals surface area contributed by atoms with Gasteiger partial charge in [0.25, 0.3) is 0 Å².